The van der Waals surface area contributed by atoms with E-state index < -0.39 is 11.7 Å². The van der Waals surface area contributed by atoms with Gasteiger partial charge < -0.3 is 22.1 Å². The minimum Gasteiger partial charge on any atom is -0.365 e. The molecule has 158 valence electrons. The monoisotopic (exact) mass is 410 g/mol. The molecule has 2 heterocycles. The molecule has 0 fully saturated rings. The van der Waals surface area contributed by atoms with Crippen molar-refractivity contribution in [2.24, 2.45) is 17.4 Å². The average Bonchev–Trinajstić information content (AvgIpc) is 2.69. The SMILES string of the molecule is CC(C)C[C@@H](Nc1nc(Nc2ccc3ncccc3c2)c(C(N)=O)cc1F)[C@H](C)N. The lowest BCUT2D eigenvalue weighted by Gasteiger charge is -2.25. The van der Waals surface area contributed by atoms with E-state index in [1.54, 1.807) is 6.20 Å². The van der Waals surface area contributed by atoms with E-state index in [2.05, 4.69) is 34.4 Å². The topological polar surface area (TPSA) is 119 Å². The first-order chi connectivity index (χ1) is 14.2. The molecule has 2 aromatic heterocycles. The van der Waals surface area contributed by atoms with Gasteiger partial charge in [0.25, 0.3) is 5.91 Å². The van der Waals surface area contributed by atoms with Crippen LogP contribution in [0.1, 0.15) is 37.6 Å². The van der Waals surface area contributed by atoms with Crippen LogP contribution in [0.5, 0.6) is 0 Å². The van der Waals surface area contributed by atoms with E-state index in [0.717, 1.165) is 23.4 Å². The minimum absolute atomic E-state index is 0.0212. The highest BCUT2D eigenvalue weighted by molar-refractivity contribution is 5.99. The second-order valence-corrected chi connectivity index (χ2v) is 7.85. The summed E-state index contributed by atoms with van der Waals surface area (Å²) in [6.07, 6.45) is 2.46. The number of aromatic nitrogens is 2. The highest BCUT2D eigenvalue weighted by atomic mass is 19.1. The number of primary amides is 1. The third kappa shape index (κ3) is 5.01. The highest BCUT2D eigenvalue weighted by Gasteiger charge is 2.21. The van der Waals surface area contributed by atoms with Crippen LogP contribution >= 0.6 is 0 Å². The Bertz CT molecular complexity index is 1050. The van der Waals surface area contributed by atoms with Crippen molar-refractivity contribution >= 4 is 34.1 Å². The van der Waals surface area contributed by atoms with E-state index in [-0.39, 0.29) is 29.3 Å². The number of rotatable bonds is 8. The Labute approximate surface area is 175 Å². The Morgan fingerprint density at radius 3 is 2.60 bits per heavy atom. The fourth-order valence-electron chi connectivity index (χ4n) is 3.25. The maximum Gasteiger partial charge on any atom is 0.252 e. The number of carbonyl (C=O) groups is 1. The molecule has 0 aliphatic heterocycles. The number of hydrogen-bond donors (Lipinski definition) is 4. The fourth-order valence-corrected chi connectivity index (χ4v) is 3.25. The van der Waals surface area contributed by atoms with Crippen molar-refractivity contribution in [3.05, 3.63) is 54.0 Å². The number of nitrogens with one attached hydrogen (secondary N) is 2. The zero-order chi connectivity index (χ0) is 21.8. The largest absolute Gasteiger partial charge is 0.365 e. The lowest BCUT2D eigenvalue weighted by Crippen LogP contribution is -2.39. The number of fused-ring (bicyclic) bond motifs is 1. The molecular formula is C22H27FN6O. The van der Waals surface area contributed by atoms with E-state index in [9.17, 15) is 9.18 Å². The van der Waals surface area contributed by atoms with Gasteiger partial charge in [0.15, 0.2) is 11.6 Å². The van der Waals surface area contributed by atoms with Crippen LogP contribution in [0.2, 0.25) is 0 Å². The smallest absolute Gasteiger partial charge is 0.252 e. The van der Waals surface area contributed by atoms with Crippen molar-refractivity contribution in [2.75, 3.05) is 10.6 Å². The van der Waals surface area contributed by atoms with E-state index in [1.807, 2.05) is 37.3 Å². The summed E-state index contributed by atoms with van der Waals surface area (Å²) < 4.78 is 14.7. The van der Waals surface area contributed by atoms with Crippen molar-refractivity contribution in [3.8, 4) is 0 Å². The van der Waals surface area contributed by atoms with Crippen LogP contribution in [0.3, 0.4) is 0 Å². The maximum atomic E-state index is 14.7. The number of amides is 1. The lowest BCUT2D eigenvalue weighted by molar-refractivity contribution is 0.100. The lowest BCUT2D eigenvalue weighted by atomic mass is 9.99. The van der Waals surface area contributed by atoms with Gasteiger partial charge in [-0.25, -0.2) is 9.37 Å². The zero-order valence-corrected chi connectivity index (χ0v) is 17.3. The normalized spacial score (nSPS) is 13.3. The highest BCUT2D eigenvalue weighted by Crippen LogP contribution is 2.26. The van der Waals surface area contributed by atoms with Crippen molar-refractivity contribution in [2.45, 2.75) is 39.3 Å². The van der Waals surface area contributed by atoms with E-state index in [1.165, 1.54) is 0 Å². The molecule has 1 amide bonds. The number of halogens is 1. The molecule has 3 aromatic rings. The molecule has 0 radical (unpaired) electrons. The zero-order valence-electron chi connectivity index (χ0n) is 17.3. The maximum absolute atomic E-state index is 14.7. The van der Waals surface area contributed by atoms with E-state index in [4.69, 9.17) is 11.5 Å². The molecule has 0 aliphatic rings. The summed E-state index contributed by atoms with van der Waals surface area (Å²) in [7, 11) is 0. The molecular weight excluding hydrogens is 383 g/mol. The minimum atomic E-state index is -0.774. The van der Waals surface area contributed by atoms with Crippen LogP contribution in [0.4, 0.5) is 21.7 Å². The first-order valence-corrected chi connectivity index (χ1v) is 9.89. The molecule has 0 saturated carbocycles. The van der Waals surface area contributed by atoms with Crippen LogP contribution in [0, 0.1) is 11.7 Å². The second-order valence-electron chi connectivity index (χ2n) is 7.85. The molecule has 0 unspecified atom stereocenters. The Balaban J connectivity index is 1.97. The molecule has 0 bridgehead atoms. The molecule has 0 saturated heterocycles. The van der Waals surface area contributed by atoms with Crippen LogP contribution in [0.25, 0.3) is 10.9 Å². The molecule has 0 spiro atoms. The number of pyridine rings is 2. The number of anilines is 3. The third-order valence-electron chi connectivity index (χ3n) is 4.79. The number of nitrogens with zero attached hydrogens (tertiary/aromatic N) is 2. The fraction of sp³-hybridized carbons (Fsp3) is 0.318. The predicted molar refractivity (Wildman–Crippen MR) is 118 cm³/mol. The molecule has 0 aliphatic carbocycles. The Kier molecular flexibility index (Phi) is 6.47. The number of nitrogens with two attached hydrogens (primary N) is 2. The third-order valence-corrected chi connectivity index (χ3v) is 4.79. The van der Waals surface area contributed by atoms with Crippen LogP contribution in [0.15, 0.2) is 42.6 Å². The van der Waals surface area contributed by atoms with Gasteiger partial charge in [-0.15, -0.1) is 0 Å². The molecule has 8 heteroatoms. The summed E-state index contributed by atoms with van der Waals surface area (Å²) in [5, 5.41) is 7.08. The molecule has 30 heavy (non-hydrogen) atoms. The first kappa shape index (κ1) is 21.4. The summed E-state index contributed by atoms with van der Waals surface area (Å²) in [6, 6.07) is 9.99. The Morgan fingerprint density at radius 2 is 1.93 bits per heavy atom. The van der Waals surface area contributed by atoms with Gasteiger partial charge in [0, 0.05) is 29.4 Å². The number of hydrogen-bond acceptors (Lipinski definition) is 6. The molecule has 1 aromatic carbocycles. The molecule has 3 rings (SSSR count). The van der Waals surface area contributed by atoms with Gasteiger partial charge in [-0.05, 0) is 49.6 Å². The van der Waals surface area contributed by atoms with Gasteiger partial charge in [-0.2, -0.15) is 0 Å². The molecule has 2 atom stereocenters. The van der Waals surface area contributed by atoms with Crippen LogP contribution in [-0.4, -0.2) is 28.0 Å². The Morgan fingerprint density at radius 1 is 1.17 bits per heavy atom. The van der Waals surface area contributed by atoms with Gasteiger partial charge in [-0.1, -0.05) is 19.9 Å². The number of carbonyl (C=O) groups excluding carboxylic acids is 1. The average molecular weight is 410 g/mol. The summed E-state index contributed by atoms with van der Waals surface area (Å²) in [6.45, 7) is 6.00. The first-order valence-electron chi connectivity index (χ1n) is 9.89. The van der Waals surface area contributed by atoms with Gasteiger partial charge >= 0.3 is 0 Å². The second kappa shape index (κ2) is 9.04. The van der Waals surface area contributed by atoms with Gasteiger partial charge in [0.2, 0.25) is 0 Å². The van der Waals surface area contributed by atoms with E-state index >= 15 is 0 Å². The van der Waals surface area contributed by atoms with Gasteiger partial charge in [0.05, 0.1) is 11.1 Å². The Hall–Kier alpha value is -3.26. The van der Waals surface area contributed by atoms with Gasteiger partial charge in [-0.3, -0.25) is 9.78 Å². The number of benzene rings is 1. The molecule has 6 N–H and O–H groups in total. The summed E-state index contributed by atoms with van der Waals surface area (Å²) in [5.41, 5.74) is 13.0. The van der Waals surface area contributed by atoms with Gasteiger partial charge in [0.1, 0.15) is 5.82 Å². The van der Waals surface area contributed by atoms with Crippen molar-refractivity contribution in [3.63, 3.8) is 0 Å². The summed E-state index contributed by atoms with van der Waals surface area (Å²) >= 11 is 0. The standard InChI is InChI=1S/C22H27FN6O/c1-12(2)9-19(13(3)24)28-22-17(23)11-16(20(25)30)21(29-22)27-15-6-7-18-14(10-15)5-4-8-26-18/h4-8,10-13,19H,9,24H2,1-3H3,(H2,25,30)(H2,27,28,29)/t13-,19+/m0/s1. The summed E-state index contributed by atoms with van der Waals surface area (Å²) in [5.74, 6) is -0.879. The van der Waals surface area contributed by atoms with Crippen LogP contribution in [-0.2, 0) is 0 Å². The molecule has 7 nitrogen and oxygen atoms in total. The van der Waals surface area contributed by atoms with Crippen molar-refractivity contribution in [1.82, 2.24) is 9.97 Å². The summed E-state index contributed by atoms with van der Waals surface area (Å²) in [4.78, 5) is 20.5. The quantitative estimate of drug-likeness (QED) is 0.449. The van der Waals surface area contributed by atoms with E-state index in [0.29, 0.717) is 11.6 Å². The van der Waals surface area contributed by atoms with Crippen molar-refractivity contribution < 1.29 is 9.18 Å². The van der Waals surface area contributed by atoms with Crippen LogP contribution < -0.4 is 22.1 Å². The van der Waals surface area contributed by atoms with Crippen molar-refractivity contribution in [1.29, 1.82) is 0 Å². The predicted octanol–water partition coefficient (Wildman–Crippen LogP) is 3.79.